The van der Waals surface area contributed by atoms with Crippen LogP contribution in [-0.4, -0.2) is 16.1 Å². The molecular weight excluding hydrogens is 240 g/mol. The van der Waals surface area contributed by atoms with Crippen molar-refractivity contribution in [2.45, 2.75) is 0 Å². The van der Waals surface area contributed by atoms with Crippen LogP contribution in [0.25, 0.3) is 0 Å². The van der Waals surface area contributed by atoms with E-state index in [-0.39, 0.29) is 11.4 Å². The summed E-state index contributed by atoms with van der Waals surface area (Å²) in [5.74, 6) is -0.800. The van der Waals surface area contributed by atoms with Gasteiger partial charge in [-0.2, -0.15) is 0 Å². The Labute approximate surface area is 103 Å². The molecule has 0 bridgehead atoms. The molecule has 0 radical (unpaired) electrons. The predicted octanol–water partition coefficient (Wildman–Crippen LogP) is 3.18. The van der Waals surface area contributed by atoms with Crippen LogP contribution in [-0.2, 0) is 0 Å². The maximum atomic E-state index is 11.0. The van der Waals surface area contributed by atoms with E-state index in [2.05, 4.69) is 10.3 Å². The number of pyridine rings is 1. The summed E-state index contributed by atoms with van der Waals surface area (Å²) in [6.07, 6.45) is 1.40. The van der Waals surface area contributed by atoms with Crippen LogP contribution in [0.3, 0.4) is 0 Å². The van der Waals surface area contributed by atoms with E-state index in [0.717, 1.165) is 5.69 Å². The Morgan fingerprint density at radius 1 is 1.29 bits per heavy atom. The van der Waals surface area contributed by atoms with E-state index in [4.69, 9.17) is 16.7 Å². The summed E-state index contributed by atoms with van der Waals surface area (Å²) in [5, 5.41) is 12.3. The molecule has 5 heteroatoms. The van der Waals surface area contributed by atoms with Crippen LogP contribution < -0.4 is 5.32 Å². The fourth-order valence-corrected chi connectivity index (χ4v) is 1.52. The first-order valence-corrected chi connectivity index (χ1v) is 5.25. The zero-order valence-electron chi connectivity index (χ0n) is 8.72. The number of nitrogens with zero attached hydrogens (tertiary/aromatic N) is 1. The van der Waals surface area contributed by atoms with Crippen molar-refractivity contribution in [3.05, 3.63) is 53.2 Å². The molecule has 2 rings (SSSR count). The molecule has 1 aromatic carbocycles. The number of rotatable bonds is 3. The summed E-state index contributed by atoms with van der Waals surface area (Å²) in [4.78, 5) is 15.0. The van der Waals surface area contributed by atoms with Gasteiger partial charge < -0.3 is 10.4 Å². The quantitative estimate of drug-likeness (QED) is 0.876. The highest BCUT2D eigenvalue weighted by Gasteiger charge is 2.12. The molecular formula is C12H9ClN2O2. The molecule has 1 aromatic heterocycles. The van der Waals surface area contributed by atoms with Gasteiger partial charge in [0.25, 0.3) is 0 Å². The molecule has 0 spiro atoms. The molecule has 0 aliphatic carbocycles. The van der Waals surface area contributed by atoms with Gasteiger partial charge in [0.15, 0.2) is 0 Å². The number of carboxylic acids is 1. The second-order valence-electron chi connectivity index (χ2n) is 3.35. The summed E-state index contributed by atoms with van der Waals surface area (Å²) in [6, 6.07) is 10.6. The zero-order valence-corrected chi connectivity index (χ0v) is 9.48. The van der Waals surface area contributed by atoms with Gasteiger partial charge in [0.05, 0.1) is 5.02 Å². The molecule has 0 aliphatic rings. The first-order valence-electron chi connectivity index (χ1n) is 4.88. The van der Waals surface area contributed by atoms with Gasteiger partial charge in [-0.25, -0.2) is 9.78 Å². The molecule has 0 fully saturated rings. The van der Waals surface area contributed by atoms with Crippen LogP contribution >= 0.6 is 11.6 Å². The van der Waals surface area contributed by atoms with Crippen molar-refractivity contribution in [2.75, 3.05) is 5.32 Å². The van der Waals surface area contributed by atoms with E-state index in [1.54, 1.807) is 0 Å². The van der Waals surface area contributed by atoms with Gasteiger partial charge in [-0.15, -0.1) is 0 Å². The Hall–Kier alpha value is -2.07. The lowest BCUT2D eigenvalue weighted by atomic mass is 10.2. The summed E-state index contributed by atoms with van der Waals surface area (Å²) < 4.78 is 0. The van der Waals surface area contributed by atoms with Crippen molar-refractivity contribution in [1.82, 2.24) is 4.98 Å². The number of benzene rings is 1. The zero-order chi connectivity index (χ0) is 12.3. The number of hydrogen-bond donors (Lipinski definition) is 2. The minimum absolute atomic E-state index is 0.0429. The highest BCUT2D eigenvalue weighted by Crippen LogP contribution is 2.21. The lowest BCUT2D eigenvalue weighted by Gasteiger charge is -2.08. The first-order chi connectivity index (χ1) is 8.16. The number of halogens is 1. The molecule has 17 heavy (non-hydrogen) atoms. The Balaban J connectivity index is 2.36. The topological polar surface area (TPSA) is 62.2 Å². The number of aromatic carboxylic acids is 1. The molecule has 86 valence electrons. The fraction of sp³-hybridized carbons (Fsp3) is 0. The predicted molar refractivity (Wildman–Crippen MR) is 65.9 cm³/mol. The molecule has 0 amide bonds. The van der Waals surface area contributed by atoms with E-state index in [0.29, 0.717) is 5.02 Å². The number of carbonyl (C=O) groups is 1. The SMILES string of the molecule is O=C(O)c1cc(Cl)cnc1Nc1ccccc1. The van der Waals surface area contributed by atoms with Crippen LogP contribution in [0.15, 0.2) is 42.6 Å². The average Bonchev–Trinajstić information content (AvgIpc) is 2.32. The van der Waals surface area contributed by atoms with E-state index in [1.165, 1.54) is 12.3 Å². The molecule has 1 heterocycles. The van der Waals surface area contributed by atoms with Crippen molar-refractivity contribution in [1.29, 1.82) is 0 Å². The van der Waals surface area contributed by atoms with Crippen LogP contribution in [0, 0.1) is 0 Å². The van der Waals surface area contributed by atoms with Gasteiger partial charge in [0, 0.05) is 11.9 Å². The van der Waals surface area contributed by atoms with Crippen molar-refractivity contribution in [3.63, 3.8) is 0 Å². The van der Waals surface area contributed by atoms with Gasteiger partial charge in [-0.1, -0.05) is 29.8 Å². The van der Waals surface area contributed by atoms with Gasteiger partial charge in [0.1, 0.15) is 11.4 Å². The largest absolute Gasteiger partial charge is 0.478 e. The van der Waals surface area contributed by atoms with E-state index < -0.39 is 5.97 Å². The van der Waals surface area contributed by atoms with Gasteiger partial charge in [0.2, 0.25) is 0 Å². The van der Waals surface area contributed by atoms with Crippen molar-refractivity contribution < 1.29 is 9.90 Å². The molecule has 0 saturated carbocycles. The third kappa shape index (κ3) is 2.73. The standard InChI is InChI=1S/C12H9ClN2O2/c13-8-6-10(12(16)17)11(14-7-8)15-9-4-2-1-3-5-9/h1-7H,(H,14,15)(H,16,17). The molecule has 0 aliphatic heterocycles. The smallest absolute Gasteiger partial charge is 0.339 e. The second-order valence-corrected chi connectivity index (χ2v) is 3.78. The summed E-state index contributed by atoms with van der Waals surface area (Å²) in [5.41, 5.74) is 0.811. The molecule has 2 aromatic rings. The summed E-state index contributed by atoms with van der Waals surface area (Å²) >= 11 is 5.71. The van der Waals surface area contributed by atoms with E-state index in [9.17, 15) is 4.79 Å². The van der Waals surface area contributed by atoms with Crippen LogP contribution in [0.1, 0.15) is 10.4 Å². The van der Waals surface area contributed by atoms with Crippen LogP contribution in [0.2, 0.25) is 5.02 Å². The van der Waals surface area contributed by atoms with Crippen molar-refractivity contribution >= 4 is 29.1 Å². The highest BCUT2D eigenvalue weighted by molar-refractivity contribution is 6.30. The number of para-hydroxylation sites is 1. The van der Waals surface area contributed by atoms with Gasteiger partial charge >= 0.3 is 5.97 Å². The van der Waals surface area contributed by atoms with Gasteiger partial charge in [-0.05, 0) is 18.2 Å². The molecule has 2 N–H and O–H groups in total. The third-order valence-electron chi connectivity index (χ3n) is 2.12. The summed E-state index contributed by atoms with van der Waals surface area (Å²) in [6.45, 7) is 0. The fourth-order valence-electron chi connectivity index (χ4n) is 1.36. The minimum Gasteiger partial charge on any atom is -0.478 e. The highest BCUT2D eigenvalue weighted by atomic mass is 35.5. The monoisotopic (exact) mass is 248 g/mol. The van der Waals surface area contributed by atoms with Crippen LogP contribution in [0.4, 0.5) is 11.5 Å². The Morgan fingerprint density at radius 3 is 2.65 bits per heavy atom. The Kier molecular flexibility index (Phi) is 3.25. The minimum atomic E-state index is -1.07. The Bertz CT molecular complexity index is 543. The summed E-state index contributed by atoms with van der Waals surface area (Å²) in [7, 11) is 0. The normalized spacial score (nSPS) is 9.94. The number of hydrogen-bond acceptors (Lipinski definition) is 3. The maximum Gasteiger partial charge on any atom is 0.339 e. The maximum absolute atomic E-state index is 11.0. The molecule has 0 saturated heterocycles. The third-order valence-corrected chi connectivity index (χ3v) is 2.33. The van der Waals surface area contributed by atoms with Crippen molar-refractivity contribution in [3.8, 4) is 0 Å². The van der Waals surface area contributed by atoms with E-state index >= 15 is 0 Å². The molecule has 0 atom stereocenters. The lowest BCUT2D eigenvalue weighted by molar-refractivity contribution is 0.0697. The van der Waals surface area contributed by atoms with Crippen LogP contribution in [0.5, 0.6) is 0 Å². The number of nitrogens with one attached hydrogen (secondary N) is 1. The Morgan fingerprint density at radius 2 is 2.00 bits per heavy atom. The second kappa shape index (κ2) is 4.84. The molecule has 4 nitrogen and oxygen atoms in total. The first kappa shape index (κ1) is 11.4. The molecule has 0 unspecified atom stereocenters. The lowest BCUT2D eigenvalue weighted by Crippen LogP contribution is -2.04. The number of anilines is 2. The van der Waals surface area contributed by atoms with Crippen molar-refractivity contribution in [2.24, 2.45) is 0 Å². The number of carboxylic acid groups (broad SMARTS) is 1. The van der Waals surface area contributed by atoms with Gasteiger partial charge in [-0.3, -0.25) is 0 Å². The number of aromatic nitrogens is 1. The van der Waals surface area contributed by atoms with E-state index in [1.807, 2.05) is 30.3 Å². The average molecular weight is 249 g/mol.